The average Bonchev–Trinajstić information content (AvgIpc) is 2.63. The minimum absolute atomic E-state index is 0.356. The van der Waals surface area contributed by atoms with E-state index in [4.69, 9.17) is 0 Å². The van der Waals surface area contributed by atoms with E-state index in [1.165, 1.54) is 13.0 Å². The van der Waals surface area contributed by atoms with Crippen LogP contribution in [-0.4, -0.2) is 30.8 Å². The van der Waals surface area contributed by atoms with Gasteiger partial charge in [-0.05, 0) is 38.1 Å². The minimum atomic E-state index is 0.356. The van der Waals surface area contributed by atoms with E-state index >= 15 is 0 Å². The monoisotopic (exact) mass is 195 g/mol. The van der Waals surface area contributed by atoms with Crippen molar-refractivity contribution in [1.29, 1.82) is 0 Å². The Hall–Kier alpha value is -0.370. The van der Waals surface area contributed by atoms with Crippen LogP contribution >= 0.6 is 0 Å². The first-order valence-corrected chi connectivity index (χ1v) is 5.88. The van der Waals surface area contributed by atoms with Gasteiger partial charge in [0.15, 0.2) is 0 Å². The number of hydrogen-bond acceptors (Lipinski definition) is 2. The molecule has 80 valence electrons. The van der Waals surface area contributed by atoms with Gasteiger partial charge in [-0.3, -0.25) is 4.79 Å². The molecule has 0 spiro atoms. The lowest BCUT2D eigenvalue weighted by Gasteiger charge is -2.19. The number of nitrogens with zero attached hydrogens (tertiary/aromatic N) is 1. The summed E-state index contributed by atoms with van der Waals surface area (Å²) in [5.41, 5.74) is 0. The molecule has 0 heterocycles. The number of ketones is 1. The molecular weight excluding hydrogens is 174 g/mol. The molecule has 2 aliphatic rings. The highest BCUT2D eigenvalue weighted by atomic mass is 16.1. The van der Waals surface area contributed by atoms with Gasteiger partial charge >= 0.3 is 0 Å². The lowest BCUT2D eigenvalue weighted by atomic mass is 10.1. The van der Waals surface area contributed by atoms with E-state index in [0.717, 1.165) is 37.6 Å². The van der Waals surface area contributed by atoms with Crippen LogP contribution in [0.1, 0.15) is 32.6 Å². The second-order valence-corrected chi connectivity index (χ2v) is 5.25. The largest absolute Gasteiger partial charge is 0.305 e. The lowest BCUT2D eigenvalue weighted by molar-refractivity contribution is -0.121. The molecule has 2 nitrogen and oxygen atoms in total. The fourth-order valence-corrected chi connectivity index (χ4v) is 2.59. The van der Waals surface area contributed by atoms with Crippen molar-refractivity contribution in [2.45, 2.75) is 32.6 Å². The SMILES string of the molecule is CC1CC1CN(C)CC1CCCC1=O. The van der Waals surface area contributed by atoms with E-state index in [2.05, 4.69) is 18.9 Å². The Morgan fingerprint density at radius 1 is 1.43 bits per heavy atom. The summed E-state index contributed by atoms with van der Waals surface area (Å²) in [6.07, 6.45) is 4.47. The molecule has 0 aromatic carbocycles. The van der Waals surface area contributed by atoms with Crippen molar-refractivity contribution in [3.05, 3.63) is 0 Å². The van der Waals surface area contributed by atoms with Gasteiger partial charge < -0.3 is 4.90 Å². The van der Waals surface area contributed by atoms with E-state index in [0.29, 0.717) is 11.7 Å². The molecule has 0 saturated heterocycles. The zero-order valence-corrected chi connectivity index (χ0v) is 9.33. The summed E-state index contributed by atoms with van der Waals surface area (Å²) in [6.45, 7) is 4.52. The molecule has 0 bridgehead atoms. The number of hydrogen-bond donors (Lipinski definition) is 0. The number of carbonyl (C=O) groups is 1. The van der Waals surface area contributed by atoms with Crippen LogP contribution in [-0.2, 0) is 4.79 Å². The minimum Gasteiger partial charge on any atom is -0.305 e. The normalized spacial score (nSPS) is 36.8. The third-order valence-electron chi connectivity index (χ3n) is 3.79. The molecule has 14 heavy (non-hydrogen) atoms. The summed E-state index contributed by atoms with van der Waals surface area (Å²) in [5, 5.41) is 0. The molecule has 0 aromatic rings. The molecular formula is C12H21NO. The summed E-state index contributed by atoms with van der Waals surface area (Å²) in [6, 6.07) is 0. The molecule has 0 aromatic heterocycles. The maximum absolute atomic E-state index is 11.4. The van der Waals surface area contributed by atoms with Crippen molar-refractivity contribution >= 4 is 5.78 Å². The van der Waals surface area contributed by atoms with Crippen LogP contribution in [0.3, 0.4) is 0 Å². The first kappa shape index (κ1) is 10.2. The first-order valence-electron chi connectivity index (χ1n) is 5.88. The van der Waals surface area contributed by atoms with E-state index in [-0.39, 0.29) is 0 Å². The maximum Gasteiger partial charge on any atom is 0.137 e. The van der Waals surface area contributed by atoms with Gasteiger partial charge in [0.25, 0.3) is 0 Å². The van der Waals surface area contributed by atoms with Gasteiger partial charge in [-0.1, -0.05) is 6.92 Å². The third-order valence-corrected chi connectivity index (χ3v) is 3.79. The maximum atomic E-state index is 11.4. The first-order chi connectivity index (χ1) is 6.66. The second kappa shape index (κ2) is 4.01. The fourth-order valence-electron chi connectivity index (χ4n) is 2.59. The Morgan fingerprint density at radius 3 is 2.64 bits per heavy atom. The Bertz CT molecular complexity index is 226. The highest BCUT2D eigenvalue weighted by Crippen LogP contribution is 2.38. The Kier molecular flexibility index (Phi) is 2.91. The molecule has 0 radical (unpaired) electrons. The average molecular weight is 195 g/mol. The van der Waals surface area contributed by atoms with Crippen LogP contribution in [0, 0.1) is 17.8 Å². The zero-order chi connectivity index (χ0) is 10.1. The van der Waals surface area contributed by atoms with Gasteiger partial charge in [0, 0.05) is 25.4 Å². The van der Waals surface area contributed by atoms with Gasteiger partial charge in [-0.25, -0.2) is 0 Å². The molecule has 2 rings (SSSR count). The summed E-state index contributed by atoms with van der Waals surface area (Å²) in [4.78, 5) is 13.8. The highest BCUT2D eigenvalue weighted by molar-refractivity contribution is 5.83. The predicted molar refractivity (Wildman–Crippen MR) is 57.1 cm³/mol. The Morgan fingerprint density at radius 2 is 2.14 bits per heavy atom. The summed E-state index contributed by atoms with van der Waals surface area (Å²) >= 11 is 0. The molecule has 3 atom stereocenters. The molecule has 2 heteroatoms. The van der Waals surface area contributed by atoms with Crippen LogP contribution in [0.15, 0.2) is 0 Å². The van der Waals surface area contributed by atoms with Crippen molar-refractivity contribution in [1.82, 2.24) is 4.90 Å². The van der Waals surface area contributed by atoms with Crippen molar-refractivity contribution in [2.24, 2.45) is 17.8 Å². The lowest BCUT2D eigenvalue weighted by Crippen LogP contribution is -2.29. The summed E-state index contributed by atoms with van der Waals surface area (Å²) in [7, 11) is 2.16. The fraction of sp³-hybridized carbons (Fsp3) is 0.917. The topological polar surface area (TPSA) is 20.3 Å². The molecule has 0 amide bonds. The van der Waals surface area contributed by atoms with Gasteiger partial charge in [-0.15, -0.1) is 0 Å². The van der Waals surface area contributed by atoms with Gasteiger partial charge in [0.05, 0.1) is 0 Å². The molecule has 0 aliphatic heterocycles. The van der Waals surface area contributed by atoms with E-state index < -0.39 is 0 Å². The van der Waals surface area contributed by atoms with Gasteiger partial charge in [0.1, 0.15) is 5.78 Å². The Balaban J connectivity index is 1.71. The number of Topliss-reactive ketones (excluding diaryl/α,β-unsaturated/α-hetero) is 1. The standard InChI is InChI=1S/C12H21NO/c1-9-6-11(9)8-13(2)7-10-4-3-5-12(10)14/h9-11H,3-8H2,1-2H3. The van der Waals surface area contributed by atoms with Crippen molar-refractivity contribution in [3.8, 4) is 0 Å². The number of carbonyl (C=O) groups excluding carboxylic acids is 1. The van der Waals surface area contributed by atoms with Crippen molar-refractivity contribution < 1.29 is 4.79 Å². The van der Waals surface area contributed by atoms with Crippen molar-refractivity contribution in [2.75, 3.05) is 20.1 Å². The molecule has 3 unspecified atom stereocenters. The molecule has 2 saturated carbocycles. The van der Waals surface area contributed by atoms with Crippen LogP contribution < -0.4 is 0 Å². The van der Waals surface area contributed by atoms with E-state index in [1.807, 2.05) is 0 Å². The summed E-state index contributed by atoms with van der Waals surface area (Å²) in [5.74, 6) is 2.70. The third kappa shape index (κ3) is 2.35. The van der Waals surface area contributed by atoms with Crippen LogP contribution in [0.5, 0.6) is 0 Å². The quantitative estimate of drug-likeness (QED) is 0.683. The van der Waals surface area contributed by atoms with Crippen molar-refractivity contribution in [3.63, 3.8) is 0 Å². The van der Waals surface area contributed by atoms with E-state index in [9.17, 15) is 4.79 Å². The van der Waals surface area contributed by atoms with Gasteiger partial charge in [0.2, 0.25) is 0 Å². The second-order valence-electron chi connectivity index (χ2n) is 5.25. The highest BCUT2D eigenvalue weighted by Gasteiger charge is 2.34. The van der Waals surface area contributed by atoms with Crippen LogP contribution in [0.4, 0.5) is 0 Å². The molecule has 2 fully saturated rings. The molecule has 0 N–H and O–H groups in total. The Labute approximate surface area is 86.7 Å². The number of rotatable bonds is 4. The smallest absolute Gasteiger partial charge is 0.137 e. The van der Waals surface area contributed by atoms with Gasteiger partial charge in [-0.2, -0.15) is 0 Å². The van der Waals surface area contributed by atoms with E-state index in [1.54, 1.807) is 0 Å². The summed E-state index contributed by atoms with van der Waals surface area (Å²) < 4.78 is 0. The van der Waals surface area contributed by atoms with Crippen LogP contribution in [0.2, 0.25) is 0 Å². The predicted octanol–water partition coefficient (Wildman–Crippen LogP) is 1.94. The van der Waals surface area contributed by atoms with Crippen LogP contribution in [0.25, 0.3) is 0 Å². The molecule has 2 aliphatic carbocycles. The zero-order valence-electron chi connectivity index (χ0n) is 9.33.